The van der Waals surface area contributed by atoms with E-state index in [4.69, 9.17) is 4.74 Å². The quantitative estimate of drug-likeness (QED) is 0.330. The summed E-state index contributed by atoms with van der Waals surface area (Å²) in [6.07, 6.45) is 4.95. The van der Waals surface area contributed by atoms with Crippen LogP contribution in [-0.4, -0.2) is 48.2 Å². The topological polar surface area (TPSA) is 32.7 Å². The lowest BCUT2D eigenvalue weighted by molar-refractivity contribution is 0.198. The van der Waals surface area contributed by atoms with Crippen molar-refractivity contribution in [3.63, 3.8) is 0 Å². The van der Waals surface area contributed by atoms with Crippen molar-refractivity contribution in [1.29, 1.82) is 0 Å². The van der Waals surface area contributed by atoms with Crippen LogP contribution in [0.5, 0.6) is 11.5 Å². The van der Waals surface area contributed by atoms with Gasteiger partial charge in [0, 0.05) is 30.3 Å². The molecule has 1 N–H and O–H groups in total. The Morgan fingerprint density at radius 2 is 1.79 bits per heavy atom. The number of aromatic hydroxyl groups is 1. The lowest BCUT2D eigenvalue weighted by Crippen LogP contribution is -2.26. The van der Waals surface area contributed by atoms with Gasteiger partial charge < -0.3 is 9.84 Å². The molecule has 2 aliphatic heterocycles. The van der Waals surface area contributed by atoms with E-state index in [1.165, 1.54) is 39.0 Å². The average Bonchev–Trinajstić information content (AvgIpc) is 3.43. The highest BCUT2D eigenvalue weighted by atomic mass is 32.2. The van der Waals surface area contributed by atoms with Crippen molar-refractivity contribution in [3.8, 4) is 11.5 Å². The first-order valence-corrected chi connectivity index (χ1v) is 15.2. The summed E-state index contributed by atoms with van der Waals surface area (Å²) in [5, 5.41) is 10.2. The molecule has 0 aromatic heterocycles. The fraction of sp³-hybridized carbons (Fsp3) is 0.412. The van der Waals surface area contributed by atoms with E-state index in [2.05, 4.69) is 67.3 Å². The number of thioether (sulfide) groups is 1. The summed E-state index contributed by atoms with van der Waals surface area (Å²) >= 11 is 1.82. The Hall–Kier alpha value is -2.76. The number of phenols is 1. The van der Waals surface area contributed by atoms with Crippen LogP contribution in [0.2, 0.25) is 0 Å². The molecule has 5 heteroatoms. The molecule has 2 heterocycles. The molecule has 0 spiro atoms. The SMILES string of the molecule is CC1(C)Cc2ccc(C3=C(c4ccc(O[C@H]5CCN(CCCF)C5)cc4)c4ccc(O)cc4SCC3)cc2C1. The number of phenolic OH excluding ortho intramolecular Hbond substituents is 1. The molecular formula is C34H38FNO2S. The van der Waals surface area contributed by atoms with Gasteiger partial charge >= 0.3 is 0 Å². The van der Waals surface area contributed by atoms with E-state index in [0.29, 0.717) is 17.6 Å². The smallest absolute Gasteiger partial charge is 0.119 e. The maximum absolute atomic E-state index is 12.6. The van der Waals surface area contributed by atoms with Crippen molar-refractivity contribution in [2.24, 2.45) is 5.41 Å². The molecule has 1 saturated heterocycles. The van der Waals surface area contributed by atoms with E-state index in [1.54, 1.807) is 6.07 Å². The summed E-state index contributed by atoms with van der Waals surface area (Å²) in [5.41, 5.74) is 9.56. The summed E-state index contributed by atoms with van der Waals surface area (Å²) in [4.78, 5) is 3.42. The Morgan fingerprint density at radius 1 is 1.00 bits per heavy atom. The molecule has 6 rings (SSSR count). The molecule has 3 aromatic rings. The van der Waals surface area contributed by atoms with E-state index in [0.717, 1.165) is 61.7 Å². The van der Waals surface area contributed by atoms with Gasteiger partial charge in [-0.1, -0.05) is 44.2 Å². The summed E-state index contributed by atoms with van der Waals surface area (Å²) in [7, 11) is 0. The van der Waals surface area contributed by atoms with Crippen LogP contribution >= 0.6 is 11.8 Å². The third kappa shape index (κ3) is 5.76. The first-order chi connectivity index (χ1) is 18.9. The number of ether oxygens (including phenoxy) is 1. The van der Waals surface area contributed by atoms with Gasteiger partial charge in [0.25, 0.3) is 0 Å². The number of likely N-dealkylation sites (tertiary alicyclic amines) is 1. The molecule has 3 aliphatic rings. The minimum absolute atomic E-state index is 0.152. The number of fused-ring (bicyclic) bond motifs is 2. The predicted octanol–water partition coefficient (Wildman–Crippen LogP) is 7.78. The highest BCUT2D eigenvalue weighted by Gasteiger charge is 2.29. The zero-order valence-corrected chi connectivity index (χ0v) is 23.8. The van der Waals surface area contributed by atoms with Gasteiger partial charge in [0.05, 0.1) is 6.67 Å². The van der Waals surface area contributed by atoms with Crippen LogP contribution in [-0.2, 0) is 12.8 Å². The number of hydrogen-bond donors (Lipinski definition) is 1. The van der Waals surface area contributed by atoms with Crippen molar-refractivity contribution < 1.29 is 14.2 Å². The summed E-state index contributed by atoms with van der Waals surface area (Å²) in [6.45, 7) is 7.10. The van der Waals surface area contributed by atoms with Gasteiger partial charge in [0.2, 0.25) is 0 Å². The van der Waals surface area contributed by atoms with E-state index in [-0.39, 0.29) is 12.8 Å². The third-order valence-corrected chi connectivity index (χ3v) is 9.38. The normalized spacial score (nSPS) is 20.5. The molecule has 0 saturated carbocycles. The molecule has 39 heavy (non-hydrogen) atoms. The summed E-state index contributed by atoms with van der Waals surface area (Å²) < 4.78 is 18.9. The Bertz CT molecular complexity index is 1380. The molecule has 1 aliphatic carbocycles. The predicted molar refractivity (Wildman–Crippen MR) is 160 cm³/mol. The highest BCUT2D eigenvalue weighted by molar-refractivity contribution is 7.99. The number of allylic oxidation sites excluding steroid dienone is 1. The number of nitrogens with zero attached hydrogens (tertiary/aromatic N) is 1. The molecule has 0 bridgehead atoms. The lowest BCUT2D eigenvalue weighted by atomic mass is 9.87. The molecular weight excluding hydrogens is 505 g/mol. The number of hydrogen-bond acceptors (Lipinski definition) is 4. The van der Waals surface area contributed by atoms with Crippen LogP contribution in [0.1, 0.15) is 60.9 Å². The standard InChI is InChI=1S/C34H38FNO2S/c1-34(2)20-25-5-4-24(18-26(25)21-34)30-13-17-39-32-19-27(37)8-11-31(32)33(30)23-6-9-28(10-7-23)38-29-12-16-36(22-29)15-3-14-35/h4-11,18-19,29,37H,3,12-17,20-22H2,1-2H3/t29-/m0/s1. The van der Waals surface area contributed by atoms with Crippen molar-refractivity contribution in [2.45, 2.75) is 57.0 Å². The molecule has 1 atom stereocenters. The van der Waals surface area contributed by atoms with Crippen molar-refractivity contribution in [1.82, 2.24) is 4.90 Å². The van der Waals surface area contributed by atoms with Crippen LogP contribution in [0.4, 0.5) is 4.39 Å². The number of halogens is 1. The molecule has 204 valence electrons. The Labute approximate surface area is 236 Å². The minimum atomic E-state index is -0.258. The van der Waals surface area contributed by atoms with Crippen LogP contribution in [0.3, 0.4) is 0 Å². The van der Waals surface area contributed by atoms with E-state index in [9.17, 15) is 9.50 Å². The highest BCUT2D eigenvalue weighted by Crippen LogP contribution is 2.45. The zero-order valence-electron chi connectivity index (χ0n) is 23.0. The molecule has 3 nitrogen and oxygen atoms in total. The number of alkyl halides is 1. The summed E-state index contributed by atoms with van der Waals surface area (Å²) in [6, 6.07) is 21.4. The van der Waals surface area contributed by atoms with Crippen molar-refractivity contribution >= 4 is 22.9 Å². The second-order valence-corrected chi connectivity index (χ2v) is 13.2. The van der Waals surface area contributed by atoms with Gasteiger partial charge in [-0.3, -0.25) is 9.29 Å². The molecule has 3 aromatic carbocycles. The van der Waals surface area contributed by atoms with Crippen LogP contribution in [0.25, 0.3) is 11.1 Å². The third-order valence-electron chi connectivity index (χ3n) is 8.32. The lowest BCUT2D eigenvalue weighted by Gasteiger charge is -2.19. The monoisotopic (exact) mass is 543 g/mol. The number of rotatable bonds is 7. The van der Waals surface area contributed by atoms with Crippen LogP contribution in [0, 0.1) is 5.41 Å². The van der Waals surface area contributed by atoms with E-state index < -0.39 is 0 Å². The van der Waals surface area contributed by atoms with Gasteiger partial charge in [0.1, 0.15) is 17.6 Å². The zero-order chi connectivity index (χ0) is 27.0. The van der Waals surface area contributed by atoms with E-state index in [1.807, 2.05) is 17.8 Å². The largest absolute Gasteiger partial charge is 0.508 e. The fourth-order valence-electron chi connectivity index (χ4n) is 6.52. The Morgan fingerprint density at radius 3 is 2.62 bits per heavy atom. The Balaban J connectivity index is 1.34. The first-order valence-electron chi connectivity index (χ1n) is 14.3. The molecule has 1 fully saturated rings. The molecule has 0 radical (unpaired) electrons. The van der Waals surface area contributed by atoms with Gasteiger partial charge in [-0.2, -0.15) is 0 Å². The second-order valence-electron chi connectivity index (χ2n) is 12.0. The van der Waals surface area contributed by atoms with Gasteiger partial charge in [-0.05, 0) is 107 Å². The molecule has 0 amide bonds. The van der Waals surface area contributed by atoms with Gasteiger partial charge in [0.15, 0.2) is 0 Å². The van der Waals surface area contributed by atoms with Crippen molar-refractivity contribution in [3.05, 3.63) is 88.5 Å². The van der Waals surface area contributed by atoms with Crippen LogP contribution in [0.15, 0.2) is 65.6 Å². The second kappa shape index (κ2) is 11.0. The summed E-state index contributed by atoms with van der Waals surface area (Å²) in [5.74, 6) is 2.16. The van der Waals surface area contributed by atoms with Gasteiger partial charge in [-0.15, -0.1) is 11.8 Å². The maximum atomic E-state index is 12.6. The first kappa shape index (κ1) is 26.5. The van der Waals surface area contributed by atoms with Crippen molar-refractivity contribution in [2.75, 3.05) is 32.1 Å². The maximum Gasteiger partial charge on any atom is 0.119 e. The van der Waals surface area contributed by atoms with Gasteiger partial charge in [-0.25, -0.2) is 0 Å². The fourth-order valence-corrected chi connectivity index (χ4v) is 7.58. The van der Waals surface area contributed by atoms with E-state index >= 15 is 0 Å². The average molecular weight is 544 g/mol. The molecule has 0 unspecified atom stereocenters. The Kier molecular flexibility index (Phi) is 7.47. The number of benzene rings is 3. The minimum Gasteiger partial charge on any atom is -0.508 e. The van der Waals surface area contributed by atoms with Crippen LogP contribution < -0.4 is 4.74 Å².